The van der Waals surface area contributed by atoms with Crippen LogP contribution in [-0.2, 0) is 0 Å². The van der Waals surface area contributed by atoms with E-state index in [0.29, 0.717) is 23.2 Å². The van der Waals surface area contributed by atoms with Crippen LogP contribution < -0.4 is 0 Å². The topological polar surface area (TPSA) is 40.5 Å². The fourth-order valence-corrected chi connectivity index (χ4v) is 4.56. The average molecular weight is 250 g/mol. The van der Waals surface area contributed by atoms with E-state index in [1.807, 2.05) is 0 Å². The molecule has 2 unspecified atom stereocenters. The van der Waals surface area contributed by atoms with E-state index in [4.69, 9.17) is 5.11 Å². The Hall–Kier alpha value is -0.520. The van der Waals surface area contributed by atoms with Gasteiger partial charge in [-0.15, -0.1) is 5.92 Å². The molecular formula is C16H26O2. The van der Waals surface area contributed by atoms with E-state index in [-0.39, 0.29) is 12.7 Å². The van der Waals surface area contributed by atoms with E-state index in [0.717, 1.165) is 12.8 Å². The minimum Gasteiger partial charge on any atom is -0.393 e. The standard InChI is InChI=1S/C16H26O2/c1-12(6-3-4-11-17)13-8-9-14-15(18)7-5-10-16(13,14)2/h12-15,17-18H,5-11H2,1-2H3/t12-,13?,14+,15?,16-/m1/s1. The number of rotatable bonds is 2. The Morgan fingerprint density at radius 2 is 2.06 bits per heavy atom. The van der Waals surface area contributed by atoms with Gasteiger partial charge in [-0.05, 0) is 48.9 Å². The third-order valence-electron chi connectivity index (χ3n) is 5.48. The van der Waals surface area contributed by atoms with Crippen LogP contribution in [0.5, 0.6) is 0 Å². The van der Waals surface area contributed by atoms with Crippen LogP contribution >= 0.6 is 0 Å². The van der Waals surface area contributed by atoms with Crippen molar-refractivity contribution in [1.82, 2.24) is 0 Å². The van der Waals surface area contributed by atoms with Crippen LogP contribution in [0.15, 0.2) is 0 Å². The number of fused-ring (bicyclic) bond motifs is 1. The second kappa shape index (κ2) is 5.63. The van der Waals surface area contributed by atoms with E-state index in [2.05, 4.69) is 25.7 Å². The van der Waals surface area contributed by atoms with Gasteiger partial charge in [0.2, 0.25) is 0 Å². The summed E-state index contributed by atoms with van der Waals surface area (Å²) in [5.41, 5.74) is 0.317. The first-order chi connectivity index (χ1) is 8.59. The van der Waals surface area contributed by atoms with E-state index in [1.165, 1.54) is 25.7 Å². The molecule has 2 aliphatic carbocycles. The second-order valence-electron chi connectivity index (χ2n) is 6.45. The molecule has 18 heavy (non-hydrogen) atoms. The maximum atomic E-state index is 10.2. The zero-order valence-corrected chi connectivity index (χ0v) is 11.7. The van der Waals surface area contributed by atoms with Crippen LogP contribution in [0.2, 0.25) is 0 Å². The molecule has 0 aliphatic heterocycles. The second-order valence-corrected chi connectivity index (χ2v) is 6.45. The van der Waals surface area contributed by atoms with Gasteiger partial charge in [0.15, 0.2) is 0 Å². The van der Waals surface area contributed by atoms with Gasteiger partial charge < -0.3 is 10.2 Å². The molecule has 0 heterocycles. The SMILES string of the molecule is C[C@H](CC#CCO)C1CC[C@H]2C(O)CCC[C@]12C. The molecule has 2 heteroatoms. The smallest absolute Gasteiger partial charge is 0.104 e. The Morgan fingerprint density at radius 1 is 1.28 bits per heavy atom. The maximum absolute atomic E-state index is 10.2. The predicted molar refractivity (Wildman–Crippen MR) is 72.8 cm³/mol. The summed E-state index contributed by atoms with van der Waals surface area (Å²) in [6, 6.07) is 0. The fraction of sp³-hybridized carbons (Fsp3) is 0.875. The highest BCUT2D eigenvalue weighted by Gasteiger charge is 2.51. The number of hydrogen-bond acceptors (Lipinski definition) is 2. The van der Waals surface area contributed by atoms with Crippen molar-refractivity contribution < 1.29 is 10.2 Å². The maximum Gasteiger partial charge on any atom is 0.104 e. The highest BCUT2D eigenvalue weighted by atomic mass is 16.3. The van der Waals surface area contributed by atoms with Crippen molar-refractivity contribution in [2.24, 2.45) is 23.2 Å². The van der Waals surface area contributed by atoms with Gasteiger partial charge >= 0.3 is 0 Å². The van der Waals surface area contributed by atoms with Crippen molar-refractivity contribution >= 4 is 0 Å². The van der Waals surface area contributed by atoms with E-state index < -0.39 is 0 Å². The minimum absolute atomic E-state index is 0.0318. The highest BCUT2D eigenvalue weighted by Crippen LogP contribution is 2.57. The molecule has 102 valence electrons. The Kier molecular flexibility index (Phi) is 4.35. The molecule has 2 nitrogen and oxygen atoms in total. The summed E-state index contributed by atoms with van der Waals surface area (Å²) in [6.07, 6.45) is 6.64. The number of aliphatic hydroxyl groups is 2. The van der Waals surface area contributed by atoms with Crippen molar-refractivity contribution in [3.63, 3.8) is 0 Å². The summed E-state index contributed by atoms with van der Waals surface area (Å²) < 4.78 is 0. The normalized spacial score (nSPS) is 40.8. The summed E-state index contributed by atoms with van der Waals surface area (Å²) in [5, 5.41) is 18.9. The molecule has 2 rings (SSSR count). The Morgan fingerprint density at radius 3 is 2.78 bits per heavy atom. The summed E-state index contributed by atoms with van der Waals surface area (Å²) in [4.78, 5) is 0. The lowest BCUT2D eigenvalue weighted by molar-refractivity contribution is -0.0264. The number of hydrogen-bond donors (Lipinski definition) is 2. The fourth-order valence-electron chi connectivity index (χ4n) is 4.56. The van der Waals surface area contributed by atoms with Crippen LogP contribution in [0, 0.1) is 35.0 Å². The van der Waals surface area contributed by atoms with Crippen molar-refractivity contribution in [3.8, 4) is 11.8 Å². The van der Waals surface area contributed by atoms with Gasteiger partial charge in [0, 0.05) is 6.42 Å². The van der Waals surface area contributed by atoms with Gasteiger partial charge in [-0.3, -0.25) is 0 Å². The zero-order chi connectivity index (χ0) is 13.2. The third-order valence-corrected chi connectivity index (χ3v) is 5.48. The van der Waals surface area contributed by atoms with Crippen LogP contribution in [-0.4, -0.2) is 22.9 Å². The van der Waals surface area contributed by atoms with Gasteiger partial charge in [-0.2, -0.15) is 0 Å². The monoisotopic (exact) mass is 250 g/mol. The molecule has 2 saturated carbocycles. The molecule has 0 spiro atoms. The van der Waals surface area contributed by atoms with Crippen molar-refractivity contribution in [3.05, 3.63) is 0 Å². The van der Waals surface area contributed by atoms with E-state index in [9.17, 15) is 5.11 Å². The van der Waals surface area contributed by atoms with Gasteiger partial charge in [0.1, 0.15) is 6.61 Å². The van der Waals surface area contributed by atoms with Crippen molar-refractivity contribution in [2.75, 3.05) is 6.61 Å². The number of aliphatic hydroxyl groups excluding tert-OH is 2. The predicted octanol–water partition coefficient (Wildman–Crippen LogP) is 2.59. The summed E-state index contributed by atoms with van der Waals surface area (Å²) >= 11 is 0. The molecule has 0 amide bonds. The summed E-state index contributed by atoms with van der Waals surface area (Å²) in [7, 11) is 0. The van der Waals surface area contributed by atoms with Gasteiger partial charge in [-0.25, -0.2) is 0 Å². The lowest BCUT2D eigenvalue weighted by Crippen LogP contribution is -2.41. The molecular weight excluding hydrogens is 224 g/mol. The molecule has 0 aromatic heterocycles. The highest BCUT2D eigenvalue weighted by molar-refractivity contribution is 5.05. The molecule has 2 N–H and O–H groups in total. The molecule has 0 radical (unpaired) electrons. The van der Waals surface area contributed by atoms with Gasteiger partial charge in [0.05, 0.1) is 6.10 Å². The summed E-state index contributed by atoms with van der Waals surface area (Å²) in [5.74, 6) is 7.59. The first kappa shape index (κ1) is 13.9. The van der Waals surface area contributed by atoms with Gasteiger partial charge in [0.25, 0.3) is 0 Å². The zero-order valence-electron chi connectivity index (χ0n) is 11.7. The van der Waals surface area contributed by atoms with Crippen LogP contribution in [0.25, 0.3) is 0 Å². The first-order valence-corrected chi connectivity index (χ1v) is 7.34. The third kappa shape index (κ3) is 2.44. The first-order valence-electron chi connectivity index (χ1n) is 7.34. The minimum atomic E-state index is -0.0792. The Balaban J connectivity index is 2.05. The van der Waals surface area contributed by atoms with Crippen LogP contribution in [0.1, 0.15) is 52.4 Å². The molecule has 2 aliphatic rings. The lowest BCUT2D eigenvalue weighted by atomic mass is 9.61. The van der Waals surface area contributed by atoms with E-state index >= 15 is 0 Å². The molecule has 2 fully saturated rings. The molecule has 0 aromatic carbocycles. The molecule has 5 atom stereocenters. The summed E-state index contributed by atoms with van der Waals surface area (Å²) in [6.45, 7) is 4.63. The van der Waals surface area contributed by atoms with Crippen LogP contribution in [0.4, 0.5) is 0 Å². The largest absolute Gasteiger partial charge is 0.393 e. The van der Waals surface area contributed by atoms with Crippen LogP contribution in [0.3, 0.4) is 0 Å². The van der Waals surface area contributed by atoms with Gasteiger partial charge in [-0.1, -0.05) is 26.2 Å². The average Bonchev–Trinajstić information content (AvgIpc) is 2.68. The molecule has 0 bridgehead atoms. The lowest BCUT2D eigenvalue weighted by Gasteiger charge is -2.45. The molecule has 0 saturated heterocycles. The van der Waals surface area contributed by atoms with E-state index in [1.54, 1.807) is 0 Å². The quantitative estimate of drug-likeness (QED) is 0.740. The van der Waals surface area contributed by atoms with Crippen molar-refractivity contribution in [2.45, 2.75) is 58.5 Å². The Labute approximate surface area is 111 Å². The van der Waals surface area contributed by atoms with Crippen molar-refractivity contribution in [1.29, 1.82) is 0 Å². The molecule has 0 aromatic rings. The Bertz CT molecular complexity index is 341.